The molecule has 1 aliphatic rings. The van der Waals surface area contributed by atoms with E-state index in [1.165, 1.54) is 0 Å². The molecule has 1 atom stereocenters. The molecule has 3 N–H and O–H groups in total. The summed E-state index contributed by atoms with van der Waals surface area (Å²) in [6.07, 6.45) is 0. The topological polar surface area (TPSA) is 70.6 Å². The van der Waals surface area contributed by atoms with Gasteiger partial charge in [-0.15, -0.1) is 0 Å². The molecule has 0 spiro atoms. The van der Waals surface area contributed by atoms with Crippen LogP contribution in [0.1, 0.15) is 75.3 Å². The number of amides is 2. The number of phenolic OH excluding ortho intramolecular Hbond substituents is 1. The summed E-state index contributed by atoms with van der Waals surface area (Å²) in [7, 11) is 0. The molecular formula is C30H35BrN2O3. The maximum Gasteiger partial charge on any atom is 0.319 e. The van der Waals surface area contributed by atoms with E-state index in [2.05, 4.69) is 86.3 Å². The van der Waals surface area contributed by atoms with Crippen LogP contribution in [-0.4, -0.2) is 17.7 Å². The fourth-order valence-corrected chi connectivity index (χ4v) is 5.07. The van der Waals surface area contributed by atoms with Crippen molar-refractivity contribution in [3.63, 3.8) is 0 Å². The Labute approximate surface area is 222 Å². The largest absolute Gasteiger partial charge is 0.507 e. The average molecular weight is 552 g/mol. The first-order valence-electron chi connectivity index (χ1n) is 12.3. The van der Waals surface area contributed by atoms with Crippen LogP contribution in [0.4, 0.5) is 10.5 Å². The van der Waals surface area contributed by atoms with Gasteiger partial charge in [-0.05, 0) is 52.3 Å². The van der Waals surface area contributed by atoms with Gasteiger partial charge in [0, 0.05) is 39.3 Å². The van der Waals surface area contributed by atoms with Crippen LogP contribution in [0.3, 0.4) is 0 Å². The number of hydrogen-bond acceptors (Lipinski definition) is 3. The maximum absolute atomic E-state index is 13.1. The highest BCUT2D eigenvalue weighted by Crippen LogP contribution is 2.41. The van der Waals surface area contributed by atoms with Crippen molar-refractivity contribution in [2.45, 2.75) is 64.9 Å². The summed E-state index contributed by atoms with van der Waals surface area (Å²) in [6, 6.07) is 17.6. The molecule has 1 aliphatic heterocycles. The van der Waals surface area contributed by atoms with E-state index >= 15 is 0 Å². The van der Waals surface area contributed by atoms with Crippen molar-refractivity contribution in [1.29, 1.82) is 0 Å². The summed E-state index contributed by atoms with van der Waals surface area (Å²) < 4.78 is 7.06. The predicted molar refractivity (Wildman–Crippen MR) is 149 cm³/mol. The minimum absolute atomic E-state index is 0.0583. The van der Waals surface area contributed by atoms with Gasteiger partial charge in [-0.25, -0.2) is 4.79 Å². The van der Waals surface area contributed by atoms with Crippen molar-refractivity contribution >= 4 is 27.6 Å². The van der Waals surface area contributed by atoms with E-state index in [4.69, 9.17) is 4.74 Å². The Bertz CT molecular complexity index is 1250. The fourth-order valence-electron chi connectivity index (χ4n) is 4.69. The molecule has 0 saturated heterocycles. The number of carbonyl (C=O) groups excluding carboxylic acids is 1. The van der Waals surface area contributed by atoms with E-state index < -0.39 is 0 Å². The van der Waals surface area contributed by atoms with Crippen molar-refractivity contribution in [3.05, 3.63) is 86.9 Å². The van der Waals surface area contributed by atoms with Gasteiger partial charge in [-0.1, -0.05) is 81.7 Å². The number of aromatic hydroxyl groups is 1. The van der Waals surface area contributed by atoms with Crippen LogP contribution in [0.5, 0.6) is 11.5 Å². The molecule has 190 valence electrons. The number of hydrogen-bond donors (Lipinski definition) is 3. The van der Waals surface area contributed by atoms with E-state index in [1.807, 2.05) is 36.4 Å². The Kier molecular flexibility index (Phi) is 7.11. The van der Waals surface area contributed by atoms with Crippen molar-refractivity contribution in [1.82, 2.24) is 5.32 Å². The third kappa shape index (κ3) is 5.54. The Morgan fingerprint density at radius 1 is 0.972 bits per heavy atom. The number of fused-ring (bicyclic) bond motifs is 2. The number of benzene rings is 3. The lowest BCUT2D eigenvalue weighted by atomic mass is 9.79. The molecule has 36 heavy (non-hydrogen) atoms. The first-order valence-corrected chi connectivity index (χ1v) is 13.1. The zero-order chi connectivity index (χ0) is 26.3. The summed E-state index contributed by atoms with van der Waals surface area (Å²) in [5.74, 6) is 1.06. The highest BCUT2D eigenvalue weighted by atomic mass is 79.9. The van der Waals surface area contributed by atoms with Gasteiger partial charge in [0.15, 0.2) is 0 Å². The summed E-state index contributed by atoms with van der Waals surface area (Å²) >= 11 is 3.58. The van der Waals surface area contributed by atoms with Crippen molar-refractivity contribution in [2.24, 2.45) is 0 Å². The second-order valence-corrected chi connectivity index (χ2v) is 12.4. The Morgan fingerprint density at radius 2 is 1.61 bits per heavy atom. The zero-order valence-corrected chi connectivity index (χ0v) is 23.4. The van der Waals surface area contributed by atoms with E-state index in [-0.39, 0.29) is 22.8 Å². The maximum atomic E-state index is 13.1. The molecule has 6 heteroatoms. The second kappa shape index (κ2) is 9.81. The van der Waals surface area contributed by atoms with E-state index in [0.717, 1.165) is 38.0 Å². The minimum Gasteiger partial charge on any atom is -0.507 e. The van der Waals surface area contributed by atoms with Gasteiger partial charge in [-0.3, -0.25) is 0 Å². The monoisotopic (exact) mass is 550 g/mol. The second-order valence-electron chi connectivity index (χ2n) is 11.5. The quantitative estimate of drug-likeness (QED) is 0.294. The van der Waals surface area contributed by atoms with Crippen molar-refractivity contribution in [3.8, 4) is 11.5 Å². The highest BCUT2D eigenvalue weighted by molar-refractivity contribution is 9.10. The van der Waals surface area contributed by atoms with Crippen LogP contribution in [-0.2, 0) is 17.4 Å². The van der Waals surface area contributed by atoms with Gasteiger partial charge in [0.25, 0.3) is 0 Å². The molecular weight excluding hydrogens is 516 g/mol. The third-order valence-corrected chi connectivity index (χ3v) is 7.10. The zero-order valence-electron chi connectivity index (χ0n) is 21.8. The van der Waals surface area contributed by atoms with Crippen LogP contribution in [0.25, 0.3) is 0 Å². The van der Waals surface area contributed by atoms with Gasteiger partial charge in [0.05, 0.1) is 0 Å². The Morgan fingerprint density at radius 3 is 2.25 bits per heavy atom. The van der Waals surface area contributed by atoms with Gasteiger partial charge < -0.3 is 20.5 Å². The van der Waals surface area contributed by atoms with Crippen LogP contribution in [0.2, 0.25) is 0 Å². The molecule has 0 saturated carbocycles. The van der Waals surface area contributed by atoms with Gasteiger partial charge in [-0.2, -0.15) is 0 Å². The Hall–Kier alpha value is -2.99. The summed E-state index contributed by atoms with van der Waals surface area (Å²) in [5.41, 5.74) is 5.00. The first-order chi connectivity index (χ1) is 16.8. The highest BCUT2D eigenvalue weighted by Gasteiger charge is 2.28. The molecule has 4 rings (SSSR count). The number of ether oxygens (including phenoxy) is 1. The molecule has 1 unspecified atom stereocenters. The molecule has 0 radical (unpaired) electrons. The molecule has 0 bridgehead atoms. The fraction of sp³-hybridized carbons (Fsp3) is 0.367. The van der Waals surface area contributed by atoms with E-state index in [1.54, 1.807) is 0 Å². The average Bonchev–Trinajstić information content (AvgIpc) is 2.93. The van der Waals surface area contributed by atoms with E-state index in [0.29, 0.717) is 24.6 Å². The number of halogens is 1. The van der Waals surface area contributed by atoms with Crippen LogP contribution >= 0.6 is 15.9 Å². The molecule has 1 heterocycles. The Balaban J connectivity index is 1.61. The number of phenols is 1. The smallest absolute Gasteiger partial charge is 0.319 e. The standard InChI is InChI=1S/C30H35BrN2O3/c1-29(2,3)24-14-20(15-25(27(24)34)30(4,5)6)33-28(35)32-16-23-21-10-8-7-9-18(21)17-36-26-12-11-19(31)13-22(23)26/h7-15,23,34H,16-17H2,1-6H3,(H2,32,33,35). The molecule has 3 aromatic rings. The summed E-state index contributed by atoms with van der Waals surface area (Å²) in [4.78, 5) is 13.1. The summed E-state index contributed by atoms with van der Waals surface area (Å²) in [6.45, 7) is 13.2. The van der Waals surface area contributed by atoms with Crippen molar-refractivity contribution in [2.75, 3.05) is 11.9 Å². The van der Waals surface area contributed by atoms with Crippen LogP contribution < -0.4 is 15.4 Å². The van der Waals surface area contributed by atoms with Gasteiger partial charge in [0.1, 0.15) is 18.1 Å². The summed E-state index contributed by atoms with van der Waals surface area (Å²) in [5, 5.41) is 17.1. The van der Waals surface area contributed by atoms with Crippen molar-refractivity contribution < 1.29 is 14.6 Å². The SMILES string of the molecule is CC(C)(C)c1cc(NC(=O)NCC2c3ccccc3COc3ccc(Br)cc32)cc(C(C)(C)C)c1O. The van der Waals surface area contributed by atoms with Gasteiger partial charge >= 0.3 is 6.03 Å². The number of rotatable bonds is 3. The lowest BCUT2D eigenvalue weighted by Crippen LogP contribution is -2.33. The molecule has 0 aromatic heterocycles. The normalized spacial score (nSPS) is 15.2. The lowest BCUT2D eigenvalue weighted by Gasteiger charge is -2.28. The van der Waals surface area contributed by atoms with Gasteiger partial charge in [0.2, 0.25) is 0 Å². The van der Waals surface area contributed by atoms with Crippen LogP contribution in [0.15, 0.2) is 59.1 Å². The lowest BCUT2D eigenvalue weighted by molar-refractivity contribution is 0.251. The number of anilines is 1. The first kappa shape index (κ1) is 26.1. The number of urea groups is 1. The number of nitrogens with one attached hydrogen (secondary N) is 2. The minimum atomic E-state index is -0.292. The van der Waals surface area contributed by atoms with E-state index in [9.17, 15) is 9.90 Å². The number of carbonyl (C=O) groups is 1. The predicted octanol–water partition coefficient (Wildman–Crippen LogP) is 7.60. The molecule has 0 fully saturated rings. The third-order valence-electron chi connectivity index (χ3n) is 6.61. The molecule has 3 aromatic carbocycles. The molecule has 2 amide bonds. The van der Waals surface area contributed by atoms with Crippen LogP contribution in [0, 0.1) is 0 Å². The molecule has 5 nitrogen and oxygen atoms in total. The molecule has 0 aliphatic carbocycles.